The fourth-order valence-corrected chi connectivity index (χ4v) is 1.57. The van der Waals surface area contributed by atoms with Gasteiger partial charge in [-0.05, 0) is 32.4 Å². The van der Waals surface area contributed by atoms with Gasteiger partial charge in [-0.15, -0.1) is 0 Å². The van der Waals surface area contributed by atoms with E-state index in [9.17, 15) is 4.79 Å². The molecule has 1 N–H and O–H groups in total. The van der Waals surface area contributed by atoms with Gasteiger partial charge >= 0.3 is 0 Å². The molecule has 1 atom stereocenters. The van der Waals surface area contributed by atoms with Gasteiger partial charge in [0.25, 0.3) is 5.91 Å². The number of halogens is 1. The molecule has 0 aliphatic carbocycles. The summed E-state index contributed by atoms with van der Waals surface area (Å²) >= 11 is 3.33. The van der Waals surface area contributed by atoms with E-state index in [1.807, 2.05) is 39.0 Å². The summed E-state index contributed by atoms with van der Waals surface area (Å²) in [6.45, 7) is 5.95. The van der Waals surface area contributed by atoms with E-state index in [1.165, 1.54) is 5.56 Å². The first-order valence-corrected chi connectivity index (χ1v) is 6.11. The van der Waals surface area contributed by atoms with Crippen molar-refractivity contribution in [3.05, 3.63) is 34.9 Å². The highest BCUT2D eigenvalue weighted by Crippen LogP contribution is 2.10. The minimum absolute atomic E-state index is 0.000509. The van der Waals surface area contributed by atoms with Gasteiger partial charge in [0.2, 0.25) is 0 Å². The Labute approximate surface area is 99.2 Å². The van der Waals surface area contributed by atoms with Crippen molar-refractivity contribution in [3.63, 3.8) is 0 Å². The quantitative estimate of drug-likeness (QED) is 0.841. The highest BCUT2D eigenvalue weighted by atomic mass is 79.9. The summed E-state index contributed by atoms with van der Waals surface area (Å²) in [6.07, 6.45) is 0. The number of hydrogen-bond acceptors (Lipinski definition) is 1. The van der Waals surface area contributed by atoms with Crippen LogP contribution in [-0.4, -0.2) is 17.3 Å². The average molecular weight is 270 g/mol. The van der Waals surface area contributed by atoms with E-state index in [0.29, 0.717) is 0 Å². The summed E-state index contributed by atoms with van der Waals surface area (Å²) in [5.74, 6) is -0.000509. The Hall–Kier alpha value is -0.830. The van der Waals surface area contributed by atoms with E-state index in [1.54, 1.807) is 0 Å². The maximum absolute atomic E-state index is 11.8. The fraction of sp³-hybridized carbons (Fsp3) is 0.417. The summed E-state index contributed by atoms with van der Waals surface area (Å²) < 4.78 is 0. The number of hydrogen-bond donors (Lipinski definition) is 1. The minimum atomic E-state index is -0.000509. The standard InChI is InChI=1S/C12H16BrNO/c1-8-4-5-11(9(2)6-8)12(15)14-10(3)7-13/h4-6,10H,7H2,1-3H3,(H,14,15). The summed E-state index contributed by atoms with van der Waals surface area (Å²) in [5, 5.41) is 3.69. The molecule has 1 rings (SSSR count). The molecule has 0 heterocycles. The van der Waals surface area contributed by atoms with Gasteiger partial charge in [-0.25, -0.2) is 0 Å². The minimum Gasteiger partial charge on any atom is -0.349 e. The van der Waals surface area contributed by atoms with Crippen LogP contribution in [0.3, 0.4) is 0 Å². The first kappa shape index (κ1) is 12.2. The molecule has 0 aromatic heterocycles. The normalized spacial score (nSPS) is 12.3. The zero-order valence-electron chi connectivity index (χ0n) is 9.30. The molecule has 1 aromatic carbocycles. The van der Waals surface area contributed by atoms with Gasteiger partial charge < -0.3 is 5.32 Å². The molecule has 0 radical (unpaired) electrons. The molecular weight excluding hydrogens is 254 g/mol. The molecule has 0 saturated heterocycles. The highest BCUT2D eigenvalue weighted by molar-refractivity contribution is 9.09. The van der Waals surface area contributed by atoms with Crippen molar-refractivity contribution in [2.24, 2.45) is 0 Å². The van der Waals surface area contributed by atoms with Crippen molar-refractivity contribution >= 4 is 21.8 Å². The predicted molar refractivity (Wildman–Crippen MR) is 66.6 cm³/mol. The summed E-state index contributed by atoms with van der Waals surface area (Å²) in [6, 6.07) is 6.01. The van der Waals surface area contributed by atoms with Crippen LogP contribution in [0.4, 0.5) is 0 Å². The zero-order valence-corrected chi connectivity index (χ0v) is 10.9. The van der Waals surface area contributed by atoms with Crippen LogP contribution in [0.1, 0.15) is 28.4 Å². The van der Waals surface area contributed by atoms with Crippen molar-refractivity contribution < 1.29 is 4.79 Å². The van der Waals surface area contributed by atoms with Gasteiger partial charge in [-0.1, -0.05) is 33.6 Å². The topological polar surface area (TPSA) is 29.1 Å². The summed E-state index contributed by atoms with van der Waals surface area (Å²) in [5.41, 5.74) is 2.96. The molecule has 2 nitrogen and oxygen atoms in total. The lowest BCUT2D eigenvalue weighted by atomic mass is 10.1. The molecule has 0 fully saturated rings. The van der Waals surface area contributed by atoms with E-state index < -0.39 is 0 Å². The molecule has 0 bridgehead atoms. The Morgan fingerprint density at radius 1 is 1.47 bits per heavy atom. The van der Waals surface area contributed by atoms with Crippen LogP contribution in [0.15, 0.2) is 18.2 Å². The maximum Gasteiger partial charge on any atom is 0.251 e. The van der Waals surface area contributed by atoms with Crippen LogP contribution in [-0.2, 0) is 0 Å². The third kappa shape index (κ3) is 3.34. The van der Waals surface area contributed by atoms with E-state index in [0.717, 1.165) is 16.5 Å². The number of carbonyl (C=O) groups is 1. The van der Waals surface area contributed by atoms with E-state index in [-0.39, 0.29) is 11.9 Å². The van der Waals surface area contributed by atoms with E-state index in [2.05, 4.69) is 21.2 Å². The predicted octanol–water partition coefficient (Wildman–Crippen LogP) is 2.82. The summed E-state index contributed by atoms with van der Waals surface area (Å²) in [7, 11) is 0. The van der Waals surface area contributed by atoms with Crippen LogP contribution in [0.25, 0.3) is 0 Å². The Kier molecular flexibility index (Phi) is 4.33. The molecule has 1 amide bonds. The smallest absolute Gasteiger partial charge is 0.251 e. The molecule has 1 unspecified atom stereocenters. The lowest BCUT2D eigenvalue weighted by Gasteiger charge is -2.12. The molecule has 0 aliphatic heterocycles. The number of nitrogens with one attached hydrogen (secondary N) is 1. The van der Waals surface area contributed by atoms with Crippen LogP contribution in [0.2, 0.25) is 0 Å². The number of aryl methyl sites for hydroxylation is 2. The Morgan fingerprint density at radius 2 is 2.13 bits per heavy atom. The molecule has 82 valence electrons. The first-order valence-electron chi connectivity index (χ1n) is 4.98. The van der Waals surface area contributed by atoms with Gasteiger partial charge in [-0.3, -0.25) is 4.79 Å². The first-order chi connectivity index (χ1) is 7.04. The monoisotopic (exact) mass is 269 g/mol. The Balaban J connectivity index is 2.82. The Bertz CT molecular complexity index is 363. The highest BCUT2D eigenvalue weighted by Gasteiger charge is 2.10. The van der Waals surface area contributed by atoms with Crippen LogP contribution >= 0.6 is 15.9 Å². The molecule has 0 aliphatic rings. The largest absolute Gasteiger partial charge is 0.349 e. The lowest BCUT2D eigenvalue weighted by Crippen LogP contribution is -2.33. The second-order valence-electron chi connectivity index (χ2n) is 3.85. The van der Waals surface area contributed by atoms with Gasteiger partial charge in [0.15, 0.2) is 0 Å². The maximum atomic E-state index is 11.8. The Morgan fingerprint density at radius 3 is 2.67 bits per heavy atom. The van der Waals surface area contributed by atoms with Crippen molar-refractivity contribution in [1.82, 2.24) is 5.32 Å². The SMILES string of the molecule is Cc1ccc(C(=O)NC(C)CBr)c(C)c1. The van der Waals surface area contributed by atoms with E-state index in [4.69, 9.17) is 0 Å². The van der Waals surface area contributed by atoms with Crippen LogP contribution < -0.4 is 5.32 Å². The van der Waals surface area contributed by atoms with Gasteiger partial charge in [0, 0.05) is 16.9 Å². The van der Waals surface area contributed by atoms with Crippen molar-refractivity contribution in [1.29, 1.82) is 0 Å². The zero-order chi connectivity index (χ0) is 11.4. The van der Waals surface area contributed by atoms with Crippen molar-refractivity contribution in [2.45, 2.75) is 26.8 Å². The number of carbonyl (C=O) groups excluding carboxylic acids is 1. The molecule has 0 saturated carbocycles. The van der Waals surface area contributed by atoms with Gasteiger partial charge in [0.05, 0.1) is 0 Å². The second kappa shape index (κ2) is 5.31. The fourth-order valence-electron chi connectivity index (χ4n) is 1.41. The van der Waals surface area contributed by atoms with Crippen LogP contribution in [0, 0.1) is 13.8 Å². The number of benzene rings is 1. The summed E-state index contributed by atoms with van der Waals surface area (Å²) in [4.78, 5) is 11.8. The molecule has 0 spiro atoms. The number of rotatable bonds is 3. The number of alkyl halides is 1. The third-order valence-electron chi connectivity index (χ3n) is 2.24. The van der Waals surface area contributed by atoms with Crippen LogP contribution in [0.5, 0.6) is 0 Å². The van der Waals surface area contributed by atoms with Crippen molar-refractivity contribution in [3.8, 4) is 0 Å². The molecule has 1 aromatic rings. The van der Waals surface area contributed by atoms with Gasteiger partial charge in [-0.2, -0.15) is 0 Å². The molecule has 15 heavy (non-hydrogen) atoms. The van der Waals surface area contributed by atoms with Gasteiger partial charge in [0.1, 0.15) is 0 Å². The average Bonchev–Trinajstić information content (AvgIpc) is 2.17. The molecular formula is C12H16BrNO. The lowest BCUT2D eigenvalue weighted by molar-refractivity contribution is 0.0943. The number of amides is 1. The third-order valence-corrected chi connectivity index (χ3v) is 3.21. The van der Waals surface area contributed by atoms with E-state index >= 15 is 0 Å². The second-order valence-corrected chi connectivity index (χ2v) is 4.49. The molecule has 3 heteroatoms. The van der Waals surface area contributed by atoms with Crippen molar-refractivity contribution in [2.75, 3.05) is 5.33 Å².